The second-order valence-corrected chi connectivity index (χ2v) is 12.9. The highest BCUT2D eigenvalue weighted by atomic mass is 127. The van der Waals surface area contributed by atoms with Crippen LogP contribution in [0.25, 0.3) is 11.8 Å². The lowest BCUT2D eigenvalue weighted by atomic mass is 9.91. The van der Waals surface area contributed by atoms with Gasteiger partial charge in [-0.05, 0) is 92.9 Å². The van der Waals surface area contributed by atoms with E-state index in [2.05, 4.69) is 59.0 Å². The Morgan fingerprint density at radius 3 is 2.35 bits per heavy atom. The fourth-order valence-electron chi connectivity index (χ4n) is 4.64. The second-order valence-electron chi connectivity index (χ2n) is 9.59. The van der Waals surface area contributed by atoms with Crippen molar-refractivity contribution in [1.29, 1.82) is 0 Å². The maximum absolute atomic E-state index is 14.0. The van der Waals surface area contributed by atoms with Gasteiger partial charge >= 0.3 is 5.97 Å². The molecule has 0 aliphatic carbocycles. The quantitative estimate of drug-likeness (QED) is 0.194. The number of ether oxygens (including phenoxy) is 1. The van der Waals surface area contributed by atoms with Crippen LogP contribution in [0.15, 0.2) is 82.1 Å². The highest BCUT2D eigenvalue weighted by molar-refractivity contribution is 14.1. The number of aromatic hydroxyl groups is 1. The average Bonchev–Trinajstić information content (AvgIpc) is 3.25. The fourth-order valence-corrected chi connectivity index (χ4v) is 7.46. The summed E-state index contributed by atoms with van der Waals surface area (Å²) >= 11 is 5.43. The number of hydrogen-bond donors (Lipinski definition) is 1. The van der Waals surface area contributed by atoms with Gasteiger partial charge in [0.1, 0.15) is 5.75 Å². The van der Waals surface area contributed by atoms with E-state index in [4.69, 9.17) is 9.73 Å². The zero-order valence-electron chi connectivity index (χ0n) is 22.0. The van der Waals surface area contributed by atoms with Crippen molar-refractivity contribution in [2.45, 2.75) is 32.7 Å². The Morgan fingerprint density at radius 1 is 1.10 bits per heavy atom. The van der Waals surface area contributed by atoms with E-state index < -0.39 is 12.0 Å². The molecule has 5 rings (SSSR count). The molecule has 2 heterocycles. The molecule has 4 aromatic rings. The number of carbonyl (C=O) groups excluding carboxylic acids is 1. The van der Waals surface area contributed by atoms with Gasteiger partial charge in [0, 0.05) is 5.56 Å². The molecule has 0 bridgehead atoms. The normalized spacial score (nSPS) is 15.2. The summed E-state index contributed by atoms with van der Waals surface area (Å²) in [5, 5.41) is 10.2. The summed E-state index contributed by atoms with van der Waals surface area (Å²) in [4.78, 5) is 33.0. The van der Waals surface area contributed by atoms with Gasteiger partial charge in [0.05, 0.1) is 35.6 Å². The summed E-state index contributed by atoms with van der Waals surface area (Å²) in [6, 6.07) is 20.5. The van der Waals surface area contributed by atoms with Crippen LogP contribution in [0.2, 0.25) is 0 Å². The van der Waals surface area contributed by atoms with Crippen molar-refractivity contribution in [1.82, 2.24) is 4.57 Å². The van der Waals surface area contributed by atoms with Crippen LogP contribution in [0.5, 0.6) is 5.75 Å². The van der Waals surface area contributed by atoms with Gasteiger partial charge in [0.25, 0.3) is 5.56 Å². The maximum Gasteiger partial charge on any atom is 0.338 e. The van der Waals surface area contributed by atoms with Gasteiger partial charge in [0.2, 0.25) is 0 Å². The number of rotatable bonds is 6. The molecule has 1 N–H and O–H groups in total. The van der Waals surface area contributed by atoms with E-state index in [1.165, 1.54) is 11.3 Å². The molecule has 204 valence electrons. The van der Waals surface area contributed by atoms with Crippen molar-refractivity contribution in [3.05, 3.63) is 121 Å². The average molecular weight is 776 g/mol. The molecule has 1 aliphatic rings. The van der Waals surface area contributed by atoms with E-state index in [0.717, 1.165) is 22.3 Å². The Kier molecular flexibility index (Phi) is 8.62. The number of halogens is 2. The molecule has 6 nitrogen and oxygen atoms in total. The minimum atomic E-state index is -0.714. The zero-order valence-corrected chi connectivity index (χ0v) is 27.2. The Balaban J connectivity index is 1.81. The standard InChI is InChI=1S/C31H26I2N2O4S/c1-4-39-30(38)25-26(20-8-6-5-7-9-20)34-31-35(27(25)21-12-10-19(11-13-21)17(2)3)29(37)24(40-31)16-18-14-22(32)28(36)23(33)15-18/h5-17,27,36H,4H2,1-3H3/b24-16-/t27-/m1/s1. The fraction of sp³-hybridized carbons (Fsp3) is 0.194. The molecule has 1 aromatic heterocycles. The summed E-state index contributed by atoms with van der Waals surface area (Å²) in [5.74, 6) is 0.0584. The Labute approximate surface area is 263 Å². The van der Waals surface area contributed by atoms with Gasteiger partial charge in [0.15, 0.2) is 4.80 Å². The monoisotopic (exact) mass is 776 g/mol. The molecule has 0 saturated heterocycles. The molecule has 0 radical (unpaired) electrons. The van der Waals surface area contributed by atoms with E-state index in [1.54, 1.807) is 11.5 Å². The van der Waals surface area contributed by atoms with Crippen molar-refractivity contribution < 1.29 is 14.6 Å². The summed E-state index contributed by atoms with van der Waals surface area (Å²) < 4.78 is 9.02. The molecule has 0 amide bonds. The number of esters is 1. The van der Waals surface area contributed by atoms with Crippen molar-refractivity contribution >= 4 is 74.3 Å². The first-order chi connectivity index (χ1) is 19.2. The van der Waals surface area contributed by atoms with E-state index in [-0.39, 0.29) is 17.9 Å². The van der Waals surface area contributed by atoms with Crippen LogP contribution in [0.1, 0.15) is 55.0 Å². The Morgan fingerprint density at radius 2 is 1.75 bits per heavy atom. The van der Waals surface area contributed by atoms with Gasteiger partial charge < -0.3 is 9.84 Å². The predicted octanol–water partition coefficient (Wildman–Crippen LogP) is 5.97. The highest BCUT2D eigenvalue weighted by Gasteiger charge is 2.35. The third kappa shape index (κ3) is 5.55. The lowest BCUT2D eigenvalue weighted by molar-refractivity contribution is -0.138. The molecular formula is C31H26I2N2O4S. The van der Waals surface area contributed by atoms with Crippen LogP contribution in [-0.2, 0) is 9.53 Å². The summed E-state index contributed by atoms with van der Waals surface area (Å²) in [6.07, 6.45) is 1.81. The van der Waals surface area contributed by atoms with E-state index >= 15 is 0 Å². The van der Waals surface area contributed by atoms with Crippen molar-refractivity contribution in [2.24, 2.45) is 4.99 Å². The summed E-state index contributed by atoms with van der Waals surface area (Å²) in [5.41, 5.74) is 4.12. The van der Waals surface area contributed by atoms with Gasteiger partial charge in [-0.3, -0.25) is 9.36 Å². The number of aromatic nitrogens is 1. The van der Waals surface area contributed by atoms with Crippen LogP contribution in [0.4, 0.5) is 0 Å². The first-order valence-corrected chi connectivity index (χ1v) is 15.7. The number of carbonyl (C=O) groups is 1. The maximum atomic E-state index is 14.0. The third-order valence-corrected chi connectivity index (χ3v) is 9.26. The molecule has 1 aliphatic heterocycles. The van der Waals surface area contributed by atoms with Gasteiger partial charge in [-0.25, -0.2) is 9.79 Å². The minimum absolute atomic E-state index is 0.200. The Bertz CT molecular complexity index is 1780. The molecule has 0 saturated carbocycles. The molecule has 1 atom stereocenters. The predicted molar refractivity (Wildman–Crippen MR) is 175 cm³/mol. The van der Waals surface area contributed by atoms with E-state index in [9.17, 15) is 14.7 Å². The number of phenolic OH excluding ortho intramolecular Hbond substituents is 1. The largest absolute Gasteiger partial charge is 0.506 e. The summed E-state index contributed by atoms with van der Waals surface area (Å²) in [7, 11) is 0. The number of hydrogen-bond acceptors (Lipinski definition) is 6. The van der Waals surface area contributed by atoms with Crippen LogP contribution >= 0.6 is 56.5 Å². The molecule has 0 unspecified atom stereocenters. The molecule has 40 heavy (non-hydrogen) atoms. The number of nitrogens with zero attached hydrogens (tertiary/aromatic N) is 2. The van der Waals surface area contributed by atoms with Crippen LogP contribution < -0.4 is 14.9 Å². The van der Waals surface area contributed by atoms with E-state index in [1.807, 2.05) is 72.8 Å². The molecule has 0 fully saturated rings. The lowest BCUT2D eigenvalue weighted by Gasteiger charge is -2.26. The topological polar surface area (TPSA) is 80.9 Å². The first kappa shape index (κ1) is 28.7. The minimum Gasteiger partial charge on any atom is -0.506 e. The molecule has 3 aromatic carbocycles. The Hall–Kier alpha value is -2.77. The highest BCUT2D eigenvalue weighted by Crippen LogP contribution is 2.35. The van der Waals surface area contributed by atoms with Crippen LogP contribution in [0, 0.1) is 7.14 Å². The van der Waals surface area contributed by atoms with Crippen molar-refractivity contribution in [3.63, 3.8) is 0 Å². The smallest absolute Gasteiger partial charge is 0.338 e. The lowest BCUT2D eigenvalue weighted by Crippen LogP contribution is -2.40. The van der Waals surface area contributed by atoms with Crippen molar-refractivity contribution in [3.8, 4) is 5.75 Å². The first-order valence-electron chi connectivity index (χ1n) is 12.8. The summed E-state index contributed by atoms with van der Waals surface area (Å²) in [6.45, 7) is 6.22. The number of fused-ring (bicyclic) bond motifs is 1. The van der Waals surface area contributed by atoms with Gasteiger partial charge in [-0.1, -0.05) is 79.8 Å². The van der Waals surface area contributed by atoms with Crippen LogP contribution in [-0.4, -0.2) is 22.2 Å². The zero-order chi connectivity index (χ0) is 28.6. The van der Waals surface area contributed by atoms with Gasteiger partial charge in [-0.2, -0.15) is 0 Å². The SMILES string of the molecule is CCOC(=O)C1=C(c2ccccc2)N=c2s/c(=C\c3cc(I)c(O)c(I)c3)c(=O)n2[C@@H]1c1ccc(C(C)C)cc1. The second kappa shape index (κ2) is 12.0. The number of thiazole rings is 1. The number of benzene rings is 3. The molecule has 9 heteroatoms. The van der Waals surface area contributed by atoms with E-state index in [0.29, 0.717) is 33.7 Å². The van der Waals surface area contributed by atoms with Gasteiger partial charge in [-0.15, -0.1) is 0 Å². The van der Waals surface area contributed by atoms with Crippen LogP contribution in [0.3, 0.4) is 0 Å². The number of phenols is 1. The molecule has 0 spiro atoms. The molecular weight excluding hydrogens is 750 g/mol. The third-order valence-electron chi connectivity index (χ3n) is 6.63. The van der Waals surface area contributed by atoms with Crippen molar-refractivity contribution in [2.75, 3.05) is 6.61 Å².